The summed E-state index contributed by atoms with van der Waals surface area (Å²) < 4.78 is 1.75. The number of nitrogens with one attached hydrogen (secondary N) is 2. The molecule has 6 nitrogen and oxygen atoms in total. The van der Waals surface area contributed by atoms with Crippen LogP contribution in [0.5, 0.6) is 0 Å². The van der Waals surface area contributed by atoms with Gasteiger partial charge >= 0.3 is 0 Å². The number of benzene rings is 2. The normalized spacial score (nSPS) is 10.9. The SMILES string of the molecule is Cc1ccc(C)c(Nc2nc(Nc3ccccc3)nc3c2cnn3C)c1. The van der Waals surface area contributed by atoms with Crippen molar-refractivity contribution in [2.24, 2.45) is 7.05 Å². The highest BCUT2D eigenvalue weighted by atomic mass is 15.3. The molecule has 130 valence electrons. The predicted molar refractivity (Wildman–Crippen MR) is 105 cm³/mol. The summed E-state index contributed by atoms with van der Waals surface area (Å²) >= 11 is 0. The fraction of sp³-hybridized carbons (Fsp3) is 0.150. The molecule has 26 heavy (non-hydrogen) atoms. The van der Waals surface area contributed by atoms with Crippen molar-refractivity contribution in [2.45, 2.75) is 13.8 Å². The van der Waals surface area contributed by atoms with Crippen molar-refractivity contribution in [3.05, 3.63) is 65.9 Å². The first kappa shape index (κ1) is 16.1. The first-order valence-electron chi connectivity index (χ1n) is 8.46. The third-order valence-corrected chi connectivity index (χ3v) is 4.27. The van der Waals surface area contributed by atoms with Crippen LogP contribution in [-0.2, 0) is 7.05 Å². The molecule has 0 bridgehead atoms. The van der Waals surface area contributed by atoms with Crippen molar-refractivity contribution in [3.8, 4) is 0 Å². The Kier molecular flexibility index (Phi) is 4.01. The van der Waals surface area contributed by atoms with Gasteiger partial charge in [-0.1, -0.05) is 30.3 Å². The molecule has 0 amide bonds. The van der Waals surface area contributed by atoms with Crippen LogP contribution in [0.1, 0.15) is 11.1 Å². The maximum absolute atomic E-state index is 4.69. The molecule has 0 spiro atoms. The van der Waals surface area contributed by atoms with Crippen LogP contribution in [0.15, 0.2) is 54.7 Å². The molecule has 0 aliphatic carbocycles. The molecule has 0 fully saturated rings. The quantitative estimate of drug-likeness (QED) is 0.572. The Morgan fingerprint density at radius 2 is 1.73 bits per heavy atom. The van der Waals surface area contributed by atoms with Gasteiger partial charge in [0.2, 0.25) is 5.95 Å². The minimum absolute atomic E-state index is 0.528. The van der Waals surface area contributed by atoms with Gasteiger partial charge in [-0.25, -0.2) is 0 Å². The average molecular weight is 344 g/mol. The minimum Gasteiger partial charge on any atom is -0.339 e. The zero-order valence-corrected chi connectivity index (χ0v) is 15.0. The number of aromatic nitrogens is 4. The van der Waals surface area contributed by atoms with Gasteiger partial charge in [-0.2, -0.15) is 15.1 Å². The molecule has 0 radical (unpaired) electrons. The number of para-hydroxylation sites is 1. The third kappa shape index (κ3) is 3.09. The molecule has 0 atom stereocenters. The van der Waals surface area contributed by atoms with Crippen LogP contribution >= 0.6 is 0 Å². The monoisotopic (exact) mass is 344 g/mol. The molecule has 0 saturated carbocycles. The molecule has 2 aromatic heterocycles. The lowest BCUT2D eigenvalue weighted by Crippen LogP contribution is -2.04. The van der Waals surface area contributed by atoms with E-state index < -0.39 is 0 Å². The first-order chi connectivity index (χ1) is 12.6. The topological polar surface area (TPSA) is 67.7 Å². The lowest BCUT2D eigenvalue weighted by molar-refractivity contribution is 0.786. The molecular weight excluding hydrogens is 324 g/mol. The maximum atomic E-state index is 4.69. The van der Waals surface area contributed by atoms with Crippen molar-refractivity contribution >= 4 is 34.2 Å². The van der Waals surface area contributed by atoms with Crippen molar-refractivity contribution in [1.82, 2.24) is 19.7 Å². The highest BCUT2D eigenvalue weighted by Crippen LogP contribution is 2.28. The van der Waals surface area contributed by atoms with Crippen molar-refractivity contribution in [1.29, 1.82) is 0 Å². The highest BCUT2D eigenvalue weighted by molar-refractivity contribution is 5.90. The molecule has 2 heterocycles. The summed E-state index contributed by atoms with van der Waals surface area (Å²) in [5, 5.41) is 11.9. The fourth-order valence-electron chi connectivity index (χ4n) is 2.82. The van der Waals surface area contributed by atoms with Crippen LogP contribution in [0.4, 0.5) is 23.1 Å². The number of hydrogen-bond donors (Lipinski definition) is 2. The number of fused-ring (bicyclic) bond motifs is 1. The van der Waals surface area contributed by atoms with Crippen LogP contribution in [0.3, 0.4) is 0 Å². The van der Waals surface area contributed by atoms with E-state index >= 15 is 0 Å². The zero-order valence-electron chi connectivity index (χ0n) is 15.0. The van der Waals surface area contributed by atoms with Crippen molar-refractivity contribution < 1.29 is 0 Å². The van der Waals surface area contributed by atoms with Gasteiger partial charge in [0.15, 0.2) is 5.65 Å². The van der Waals surface area contributed by atoms with E-state index in [1.807, 2.05) is 37.4 Å². The number of rotatable bonds is 4. The summed E-state index contributed by atoms with van der Waals surface area (Å²) in [5.41, 5.74) is 5.08. The average Bonchev–Trinajstić information content (AvgIpc) is 3.00. The van der Waals surface area contributed by atoms with Crippen LogP contribution in [0.25, 0.3) is 11.0 Å². The Labute approximate surface area is 151 Å². The molecule has 0 aliphatic rings. The van der Waals surface area contributed by atoms with E-state index in [1.54, 1.807) is 10.9 Å². The Balaban J connectivity index is 1.78. The lowest BCUT2D eigenvalue weighted by atomic mass is 10.1. The molecule has 4 rings (SSSR count). The van der Waals surface area contributed by atoms with Crippen LogP contribution < -0.4 is 10.6 Å². The zero-order chi connectivity index (χ0) is 18.1. The number of anilines is 4. The Morgan fingerprint density at radius 3 is 2.54 bits per heavy atom. The second-order valence-corrected chi connectivity index (χ2v) is 6.34. The molecule has 2 aromatic carbocycles. The molecule has 0 aliphatic heterocycles. The molecule has 6 heteroatoms. The summed E-state index contributed by atoms with van der Waals surface area (Å²) in [7, 11) is 1.88. The highest BCUT2D eigenvalue weighted by Gasteiger charge is 2.13. The molecule has 0 unspecified atom stereocenters. The second kappa shape index (κ2) is 6.48. The van der Waals surface area contributed by atoms with Gasteiger partial charge in [-0.15, -0.1) is 0 Å². The molecule has 4 aromatic rings. The first-order valence-corrected chi connectivity index (χ1v) is 8.46. The van der Waals surface area contributed by atoms with Gasteiger partial charge in [0, 0.05) is 18.4 Å². The Morgan fingerprint density at radius 1 is 0.923 bits per heavy atom. The number of nitrogens with zero attached hydrogens (tertiary/aromatic N) is 4. The summed E-state index contributed by atoms with van der Waals surface area (Å²) in [5.74, 6) is 1.26. The van der Waals surface area contributed by atoms with Gasteiger partial charge in [-0.05, 0) is 43.2 Å². The van der Waals surface area contributed by atoms with E-state index in [2.05, 4.69) is 57.7 Å². The van der Waals surface area contributed by atoms with Gasteiger partial charge in [0.25, 0.3) is 0 Å². The van der Waals surface area contributed by atoms with E-state index in [0.29, 0.717) is 5.95 Å². The lowest BCUT2D eigenvalue weighted by Gasteiger charge is -2.12. The van der Waals surface area contributed by atoms with Gasteiger partial charge in [-0.3, -0.25) is 4.68 Å². The van der Waals surface area contributed by atoms with E-state index in [1.165, 1.54) is 5.56 Å². The van der Waals surface area contributed by atoms with Crippen molar-refractivity contribution in [2.75, 3.05) is 10.6 Å². The van der Waals surface area contributed by atoms with Crippen molar-refractivity contribution in [3.63, 3.8) is 0 Å². The van der Waals surface area contributed by atoms with Gasteiger partial charge < -0.3 is 10.6 Å². The van der Waals surface area contributed by atoms with Gasteiger partial charge in [0.05, 0.1) is 11.6 Å². The number of hydrogen-bond acceptors (Lipinski definition) is 5. The summed E-state index contributed by atoms with van der Waals surface area (Å²) in [4.78, 5) is 9.30. The maximum Gasteiger partial charge on any atom is 0.231 e. The summed E-state index contributed by atoms with van der Waals surface area (Å²) in [6.07, 6.45) is 1.79. The Bertz CT molecular complexity index is 1070. The minimum atomic E-state index is 0.528. The molecule has 0 saturated heterocycles. The summed E-state index contributed by atoms with van der Waals surface area (Å²) in [6.45, 7) is 4.15. The Hall–Kier alpha value is -3.41. The van der Waals surface area contributed by atoms with E-state index in [-0.39, 0.29) is 0 Å². The largest absolute Gasteiger partial charge is 0.339 e. The predicted octanol–water partition coefficient (Wildman–Crippen LogP) is 4.47. The standard InChI is InChI=1S/C20H20N6/c1-13-9-10-14(2)17(11-13)23-18-16-12-21-26(3)19(16)25-20(24-18)22-15-7-5-4-6-8-15/h4-12H,1-3H3,(H2,22,23,24,25). The van der Waals surface area contributed by atoms with E-state index in [0.717, 1.165) is 33.8 Å². The smallest absolute Gasteiger partial charge is 0.231 e. The molecule has 2 N–H and O–H groups in total. The third-order valence-electron chi connectivity index (χ3n) is 4.27. The summed E-state index contributed by atoms with van der Waals surface area (Å²) in [6, 6.07) is 16.2. The number of aryl methyl sites for hydroxylation is 3. The van der Waals surface area contributed by atoms with Crippen LogP contribution in [0.2, 0.25) is 0 Å². The van der Waals surface area contributed by atoms with Crippen LogP contribution in [0, 0.1) is 13.8 Å². The molecular formula is C20H20N6. The second-order valence-electron chi connectivity index (χ2n) is 6.34. The fourth-order valence-corrected chi connectivity index (χ4v) is 2.82. The van der Waals surface area contributed by atoms with E-state index in [4.69, 9.17) is 0 Å². The van der Waals surface area contributed by atoms with E-state index in [9.17, 15) is 0 Å². The van der Waals surface area contributed by atoms with Crippen LogP contribution in [-0.4, -0.2) is 19.7 Å². The van der Waals surface area contributed by atoms with Gasteiger partial charge in [0.1, 0.15) is 5.82 Å².